The SMILES string of the molecule is OC(CC1=CCCC1)c1ccc(Br)s1. The molecule has 1 atom stereocenters. The lowest BCUT2D eigenvalue weighted by atomic mass is 10.1. The smallest absolute Gasteiger partial charge is 0.0919 e. The Balaban J connectivity index is 1.98. The lowest BCUT2D eigenvalue weighted by molar-refractivity contribution is 0.181. The molecule has 0 fully saturated rings. The maximum atomic E-state index is 9.94. The number of aliphatic hydroxyl groups excluding tert-OH is 1. The van der Waals surface area contributed by atoms with Gasteiger partial charge in [0.05, 0.1) is 9.89 Å². The van der Waals surface area contributed by atoms with Crippen LogP contribution in [-0.4, -0.2) is 5.11 Å². The molecule has 1 aromatic heterocycles. The van der Waals surface area contributed by atoms with Gasteiger partial charge in [0.2, 0.25) is 0 Å². The molecule has 76 valence electrons. The normalized spacial score (nSPS) is 18.3. The zero-order valence-electron chi connectivity index (χ0n) is 7.87. The Morgan fingerprint density at radius 3 is 2.93 bits per heavy atom. The lowest BCUT2D eigenvalue weighted by Gasteiger charge is -2.08. The third-order valence-electron chi connectivity index (χ3n) is 2.51. The third kappa shape index (κ3) is 2.47. The number of rotatable bonds is 3. The number of hydrogen-bond donors (Lipinski definition) is 1. The molecule has 0 amide bonds. The van der Waals surface area contributed by atoms with Gasteiger partial charge in [-0.1, -0.05) is 11.6 Å². The van der Waals surface area contributed by atoms with Crippen molar-refractivity contribution in [2.75, 3.05) is 0 Å². The Bertz CT molecular complexity index is 343. The van der Waals surface area contributed by atoms with Gasteiger partial charge in [0, 0.05) is 4.88 Å². The summed E-state index contributed by atoms with van der Waals surface area (Å²) in [5, 5.41) is 9.94. The van der Waals surface area contributed by atoms with Crippen LogP contribution in [0.3, 0.4) is 0 Å². The van der Waals surface area contributed by atoms with Crippen LogP contribution in [0.2, 0.25) is 0 Å². The summed E-state index contributed by atoms with van der Waals surface area (Å²) in [5.74, 6) is 0. The van der Waals surface area contributed by atoms with Crippen LogP contribution < -0.4 is 0 Å². The summed E-state index contributed by atoms with van der Waals surface area (Å²) < 4.78 is 1.09. The molecule has 0 spiro atoms. The molecule has 1 aromatic rings. The summed E-state index contributed by atoms with van der Waals surface area (Å²) in [4.78, 5) is 1.06. The highest BCUT2D eigenvalue weighted by Gasteiger charge is 2.14. The van der Waals surface area contributed by atoms with Crippen molar-refractivity contribution in [3.05, 3.63) is 32.4 Å². The van der Waals surface area contributed by atoms with Crippen molar-refractivity contribution < 1.29 is 5.11 Å². The molecule has 1 unspecified atom stereocenters. The number of allylic oxidation sites excluding steroid dienone is 1. The van der Waals surface area contributed by atoms with Gasteiger partial charge in [-0.15, -0.1) is 11.3 Å². The highest BCUT2D eigenvalue weighted by atomic mass is 79.9. The second-order valence-corrected chi connectivity index (χ2v) is 6.11. The minimum Gasteiger partial charge on any atom is -0.387 e. The Morgan fingerprint density at radius 2 is 2.36 bits per heavy atom. The molecule has 1 aliphatic carbocycles. The summed E-state index contributed by atoms with van der Waals surface area (Å²) in [5.41, 5.74) is 1.42. The lowest BCUT2D eigenvalue weighted by Crippen LogP contribution is -1.95. The molecule has 1 N–H and O–H groups in total. The van der Waals surface area contributed by atoms with Crippen molar-refractivity contribution in [3.8, 4) is 0 Å². The van der Waals surface area contributed by atoms with Crippen LogP contribution in [0.4, 0.5) is 0 Å². The molecule has 1 heterocycles. The second kappa shape index (κ2) is 4.60. The van der Waals surface area contributed by atoms with Crippen LogP contribution in [0, 0.1) is 0 Å². The maximum Gasteiger partial charge on any atom is 0.0919 e. The zero-order valence-corrected chi connectivity index (χ0v) is 10.3. The van der Waals surface area contributed by atoms with E-state index in [2.05, 4.69) is 22.0 Å². The van der Waals surface area contributed by atoms with E-state index < -0.39 is 0 Å². The van der Waals surface area contributed by atoms with Crippen molar-refractivity contribution in [1.29, 1.82) is 0 Å². The summed E-state index contributed by atoms with van der Waals surface area (Å²) in [6.07, 6.45) is 6.39. The van der Waals surface area contributed by atoms with Gasteiger partial charge in [0.1, 0.15) is 0 Å². The Morgan fingerprint density at radius 1 is 1.50 bits per heavy atom. The van der Waals surface area contributed by atoms with Crippen LogP contribution in [0.1, 0.15) is 36.7 Å². The molecule has 2 rings (SSSR count). The number of hydrogen-bond acceptors (Lipinski definition) is 2. The van der Waals surface area contributed by atoms with E-state index in [0.717, 1.165) is 15.1 Å². The van der Waals surface area contributed by atoms with Crippen LogP contribution in [0.5, 0.6) is 0 Å². The molecular weight excluding hydrogens is 260 g/mol. The van der Waals surface area contributed by atoms with E-state index in [9.17, 15) is 5.11 Å². The average molecular weight is 273 g/mol. The quantitative estimate of drug-likeness (QED) is 0.824. The summed E-state index contributed by atoms with van der Waals surface area (Å²) in [6.45, 7) is 0. The highest BCUT2D eigenvalue weighted by Crippen LogP contribution is 2.33. The molecule has 0 saturated carbocycles. The fourth-order valence-electron chi connectivity index (χ4n) is 1.78. The van der Waals surface area contributed by atoms with Gasteiger partial charge in [0.25, 0.3) is 0 Å². The van der Waals surface area contributed by atoms with Gasteiger partial charge in [0.15, 0.2) is 0 Å². The van der Waals surface area contributed by atoms with Gasteiger partial charge in [-0.25, -0.2) is 0 Å². The van der Waals surface area contributed by atoms with Crippen molar-refractivity contribution >= 4 is 27.3 Å². The predicted molar refractivity (Wildman–Crippen MR) is 63.5 cm³/mol. The van der Waals surface area contributed by atoms with E-state index in [1.807, 2.05) is 12.1 Å². The molecule has 0 aromatic carbocycles. The van der Waals surface area contributed by atoms with E-state index in [0.29, 0.717) is 0 Å². The van der Waals surface area contributed by atoms with E-state index in [4.69, 9.17) is 0 Å². The topological polar surface area (TPSA) is 20.2 Å². The predicted octanol–water partition coefficient (Wildman–Crippen LogP) is 4.04. The Hall–Kier alpha value is -0.120. The van der Waals surface area contributed by atoms with Crippen molar-refractivity contribution in [3.63, 3.8) is 0 Å². The first-order valence-corrected chi connectivity index (χ1v) is 6.48. The standard InChI is InChI=1S/C11H13BrOS/c12-11-6-5-10(14-11)9(13)7-8-3-1-2-4-8/h3,5-6,9,13H,1-2,4,7H2. The summed E-state index contributed by atoms with van der Waals surface area (Å²) >= 11 is 5.02. The van der Waals surface area contributed by atoms with E-state index in [-0.39, 0.29) is 6.10 Å². The molecule has 0 saturated heterocycles. The zero-order chi connectivity index (χ0) is 9.97. The summed E-state index contributed by atoms with van der Waals surface area (Å²) in [6, 6.07) is 3.99. The molecule has 0 radical (unpaired) electrons. The number of thiophene rings is 1. The maximum absolute atomic E-state index is 9.94. The first kappa shape index (κ1) is 10.4. The van der Waals surface area contributed by atoms with Crippen molar-refractivity contribution in [1.82, 2.24) is 0 Å². The fraction of sp³-hybridized carbons (Fsp3) is 0.455. The van der Waals surface area contributed by atoms with Gasteiger partial charge < -0.3 is 5.11 Å². The molecule has 0 bridgehead atoms. The van der Waals surface area contributed by atoms with Crippen LogP contribution >= 0.6 is 27.3 Å². The van der Waals surface area contributed by atoms with Crippen LogP contribution in [0.15, 0.2) is 27.6 Å². The van der Waals surface area contributed by atoms with E-state index >= 15 is 0 Å². The highest BCUT2D eigenvalue weighted by molar-refractivity contribution is 9.11. The van der Waals surface area contributed by atoms with Crippen LogP contribution in [0.25, 0.3) is 0 Å². The number of halogens is 1. The Kier molecular flexibility index (Phi) is 3.42. The van der Waals surface area contributed by atoms with E-state index in [1.54, 1.807) is 11.3 Å². The van der Waals surface area contributed by atoms with Gasteiger partial charge in [-0.2, -0.15) is 0 Å². The first-order chi connectivity index (χ1) is 6.75. The van der Waals surface area contributed by atoms with Gasteiger partial charge in [-0.3, -0.25) is 0 Å². The largest absolute Gasteiger partial charge is 0.387 e. The van der Waals surface area contributed by atoms with Gasteiger partial charge in [-0.05, 0) is 53.7 Å². The van der Waals surface area contributed by atoms with Crippen molar-refractivity contribution in [2.45, 2.75) is 31.8 Å². The summed E-state index contributed by atoms with van der Waals surface area (Å²) in [7, 11) is 0. The number of aliphatic hydroxyl groups is 1. The minimum absolute atomic E-state index is 0.310. The average Bonchev–Trinajstić information content (AvgIpc) is 2.75. The molecule has 0 aliphatic heterocycles. The van der Waals surface area contributed by atoms with Crippen LogP contribution in [-0.2, 0) is 0 Å². The molecule has 14 heavy (non-hydrogen) atoms. The minimum atomic E-state index is -0.310. The molecule has 3 heteroatoms. The Labute approximate surface area is 96.6 Å². The third-order valence-corrected chi connectivity index (χ3v) is 4.24. The monoisotopic (exact) mass is 272 g/mol. The molecular formula is C11H13BrOS. The molecule has 1 nitrogen and oxygen atoms in total. The van der Waals surface area contributed by atoms with Gasteiger partial charge >= 0.3 is 0 Å². The molecule has 1 aliphatic rings. The fourth-order valence-corrected chi connectivity index (χ4v) is 3.19. The second-order valence-electron chi connectivity index (χ2n) is 3.62. The van der Waals surface area contributed by atoms with Crippen molar-refractivity contribution in [2.24, 2.45) is 0 Å². The first-order valence-electron chi connectivity index (χ1n) is 4.87. The van der Waals surface area contributed by atoms with E-state index in [1.165, 1.54) is 24.8 Å².